The summed E-state index contributed by atoms with van der Waals surface area (Å²) in [6.07, 6.45) is 7.14. The van der Waals surface area contributed by atoms with Crippen LogP contribution in [0.15, 0.2) is 30.3 Å². The Kier molecular flexibility index (Phi) is 5.72. The van der Waals surface area contributed by atoms with E-state index in [1.54, 1.807) is 0 Å². The third-order valence-electron chi connectivity index (χ3n) is 5.12. The van der Waals surface area contributed by atoms with Gasteiger partial charge >= 0.3 is 6.03 Å². The average Bonchev–Trinajstić information content (AvgIpc) is 3.09. The van der Waals surface area contributed by atoms with E-state index in [-0.39, 0.29) is 11.9 Å². The average molecular weight is 329 g/mol. The number of carbonyl (C=O) groups is 2. The van der Waals surface area contributed by atoms with Crippen LogP contribution in [0, 0.1) is 5.92 Å². The number of anilines is 1. The summed E-state index contributed by atoms with van der Waals surface area (Å²) in [6, 6.07) is 9.87. The molecule has 0 atom stereocenters. The molecule has 3 amide bonds. The van der Waals surface area contributed by atoms with E-state index in [2.05, 4.69) is 10.6 Å². The molecular formula is C19H27N3O2. The topological polar surface area (TPSA) is 61.4 Å². The Morgan fingerprint density at radius 3 is 2.33 bits per heavy atom. The van der Waals surface area contributed by atoms with Crippen LogP contribution in [0.3, 0.4) is 0 Å². The van der Waals surface area contributed by atoms with Gasteiger partial charge in [0.25, 0.3) is 0 Å². The summed E-state index contributed by atoms with van der Waals surface area (Å²) in [7, 11) is 0. The molecule has 0 aromatic heterocycles. The van der Waals surface area contributed by atoms with Gasteiger partial charge in [0, 0.05) is 31.2 Å². The quantitative estimate of drug-likeness (QED) is 0.889. The molecule has 1 saturated carbocycles. The van der Waals surface area contributed by atoms with Crippen molar-refractivity contribution in [3.8, 4) is 0 Å². The SMILES string of the molecule is O=C(CC1CCN(C(=O)Nc2ccccc2)CC1)NC1CCCC1. The van der Waals surface area contributed by atoms with Crippen molar-refractivity contribution < 1.29 is 9.59 Å². The summed E-state index contributed by atoms with van der Waals surface area (Å²) in [5, 5.41) is 6.08. The van der Waals surface area contributed by atoms with Crippen LogP contribution in [-0.2, 0) is 4.79 Å². The Morgan fingerprint density at radius 2 is 1.67 bits per heavy atom. The molecule has 1 aromatic carbocycles. The van der Waals surface area contributed by atoms with Crippen LogP contribution >= 0.6 is 0 Å². The molecule has 1 aliphatic heterocycles. The molecule has 2 N–H and O–H groups in total. The van der Waals surface area contributed by atoms with E-state index in [9.17, 15) is 9.59 Å². The number of amides is 3. The molecule has 2 fully saturated rings. The Bertz CT molecular complexity index is 547. The van der Waals surface area contributed by atoms with E-state index < -0.39 is 0 Å². The van der Waals surface area contributed by atoms with Crippen molar-refractivity contribution >= 4 is 17.6 Å². The van der Waals surface area contributed by atoms with Gasteiger partial charge in [-0.15, -0.1) is 0 Å². The summed E-state index contributed by atoms with van der Waals surface area (Å²) in [5.41, 5.74) is 0.820. The lowest BCUT2D eigenvalue weighted by atomic mass is 9.93. The predicted octanol–water partition coefficient (Wildman–Crippen LogP) is 3.38. The summed E-state index contributed by atoms with van der Waals surface area (Å²) < 4.78 is 0. The second-order valence-corrected chi connectivity index (χ2v) is 6.98. The molecule has 1 aliphatic carbocycles. The zero-order chi connectivity index (χ0) is 16.8. The van der Waals surface area contributed by atoms with Gasteiger partial charge in [-0.3, -0.25) is 4.79 Å². The summed E-state index contributed by atoms with van der Waals surface area (Å²) in [6.45, 7) is 1.44. The Labute approximate surface area is 143 Å². The van der Waals surface area contributed by atoms with Crippen molar-refractivity contribution in [2.45, 2.75) is 51.0 Å². The first-order valence-corrected chi connectivity index (χ1v) is 9.11. The van der Waals surface area contributed by atoms with Crippen LogP contribution in [0.25, 0.3) is 0 Å². The summed E-state index contributed by atoms with van der Waals surface area (Å²) in [5.74, 6) is 0.585. The van der Waals surface area contributed by atoms with Gasteiger partial charge in [0.1, 0.15) is 0 Å². The highest BCUT2D eigenvalue weighted by atomic mass is 16.2. The highest BCUT2D eigenvalue weighted by Gasteiger charge is 2.25. The second kappa shape index (κ2) is 8.18. The fourth-order valence-corrected chi connectivity index (χ4v) is 3.68. The number of rotatable bonds is 4. The standard InChI is InChI=1S/C19H27N3O2/c23-18(20-16-8-4-5-9-16)14-15-10-12-22(13-11-15)19(24)21-17-6-2-1-3-7-17/h1-3,6-7,15-16H,4-5,8-14H2,(H,20,23)(H,21,24). The third-order valence-corrected chi connectivity index (χ3v) is 5.12. The zero-order valence-electron chi connectivity index (χ0n) is 14.2. The van der Waals surface area contributed by atoms with Crippen LogP contribution in [0.1, 0.15) is 44.9 Å². The van der Waals surface area contributed by atoms with Gasteiger partial charge in [-0.1, -0.05) is 31.0 Å². The van der Waals surface area contributed by atoms with Crippen molar-refractivity contribution in [3.63, 3.8) is 0 Å². The zero-order valence-corrected chi connectivity index (χ0v) is 14.2. The Balaban J connectivity index is 1.38. The lowest BCUT2D eigenvalue weighted by Gasteiger charge is -2.32. The summed E-state index contributed by atoms with van der Waals surface area (Å²) >= 11 is 0. The van der Waals surface area contributed by atoms with Crippen molar-refractivity contribution in [3.05, 3.63) is 30.3 Å². The lowest BCUT2D eigenvalue weighted by Crippen LogP contribution is -2.42. The number of nitrogens with zero attached hydrogens (tertiary/aromatic N) is 1. The van der Waals surface area contributed by atoms with E-state index in [1.165, 1.54) is 12.8 Å². The van der Waals surface area contributed by atoms with E-state index in [4.69, 9.17) is 0 Å². The first kappa shape index (κ1) is 16.8. The first-order chi connectivity index (χ1) is 11.7. The minimum atomic E-state index is -0.0462. The second-order valence-electron chi connectivity index (χ2n) is 6.98. The van der Waals surface area contributed by atoms with Crippen LogP contribution in [0.4, 0.5) is 10.5 Å². The number of urea groups is 1. The smallest absolute Gasteiger partial charge is 0.321 e. The molecule has 0 radical (unpaired) electrons. The van der Waals surface area contributed by atoms with Crippen LogP contribution < -0.4 is 10.6 Å². The van der Waals surface area contributed by atoms with Crippen molar-refractivity contribution in [2.75, 3.05) is 18.4 Å². The minimum Gasteiger partial charge on any atom is -0.353 e. The van der Waals surface area contributed by atoms with E-state index >= 15 is 0 Å². The van der Waals surface area contributed by atoms with Crippen molar-refractivity contribution in [1.29, 1.82) is 0 Å². The maximum absolute atomic E-state index is 12.3. The molecule has 24 heavy (non-hydrogen) atoms. The van der Waals surface area contributed by atoms with Crippen molar-refractivity contribution in [1.82, 2.24) is 10.2 Å². The van der Waals surface area contributed by atoms with Crippen LogP contribution in [-0.4, -0.2) is 36.0 Å². The van der Waals surface area contributed by atoms with Crippen LogP contribution in [0.2, 0.25) is 0 Å². The molecule has 1 saturated heterocycles. The fourth-order valence-electron chi connectivity index (χ4n) is 3.68. The van der Waals surface area contributed by atoms with E-state index in [0.29, 0.717) is 18.4 Å². The van der Waals surface area contributed by atoms with E-state index in [0.717, 1.165) is 44.5 Å². The molecule has 5 heteroatoms. The molecule has 1 aromatic rings. The summed E-state index contributed by atoms with van der Waals surface area (Å²) in [4.78, 5) is 26.2. The molecule has 0 spiro atoms. The van der Waals surface area contributed by atoms with E-state index in [1.807, 2.05) is 35.2 Å². The number of nitrogens with one attached hydrogen (secondary N) is 2. The largest absolute Gasteiger partial charge is 0.353 e. The maximum Gasteiger partial charge on any atom is 0.321 e. The number of piperidine rings is 1. The van der Waals surface area contributed by atoms with Gasteiger partial charge in [0.2, 0.25) is 5.91 Å². The highest BCUT2D eigenvalue weighted by molar-refractivity contribution is 5.89. The van der Waals surface area contributed by atoms with Crippen LogP contribution in [0.5, 0.6) is 0 Å². The number of likely N-dealkylation sites (tertiary alicyclic amines) is 1. The number of hydrogen-bond donors (Lipinski definition) is 2. The number of hydrogen-bond acceptors (Lipinski definition) is 2. The van der Waals surface area contributed by atoms with Gasteiger partial charge in [0.15, 0.2) is 0 Å². The minimum absolute atomic E-state index is 0.0462. The molecule has 5 nitrogen and oxygen atoms in total. The molecule has 1 heterocycles. The molecule has 0 unspecified atom stereocenters. The molecule has 3 rings (SSSR count). The predicted molar refractivity (Wildman–Crippen MR) is 94.8 cm³/mol. The molecule has 0 bridgehead atoms. The van der Waals surface area contributed by atoms with Gasteiger partial charge < -0.3 is 15.5 Å². The van der Waals surface area contributed by atoms with Gasteiger partial charge in [-0.05, 0) is 43.7 Å². The van der Waals surface area contributed by atoms with Gasteiger partial charge in [0.05, 0.1) is 0 Å². The maximum atomic E-state index is 12.3. The number of para-hydroxylation sites is 1. The fraction of sp³-hybridized carbons (Fsp3) is 0.579. The normalized spacial score (nSPS) is 19.2. The Morgan fingerprint density at radius 1 is 1.00 bits per heavy atom. The van der Waals surface area contributed by atoms with Crippen molar-refractivity contribution in [2.24, 2.45) is 5.92 Å². The third kappa shape index (κ3) is 4.73. The number of carbonyl (C=O) groups excluding carboxylic acids is 2. The lowest BCUT2D eigenvalue weighted by molar-refractivity contribution is -0.123. The highest BCUT2D eigenvalue weighted by Crippen LogP contribution is 2.22. The molecular weight excluding hydrogens is 302 g/mol. The monoisotopic (exact) mass is 329 g/mol. The van der Waals surface area contributed by atoms with Gasteiger partial charge in [-0.2, -0.15) is 0 Å². The van der Waals surface area contributed by atoms with Gasteiger partial charge in [-0.25, -0.2) is 4.79 Å². The molecule has 130 valence electrons. The number of benzene rings is 1. The molecule has 2 aliphatic rings. The first-order valence-electron chi connectivity index (χ1n) is 9.11. The Hall–Kier alpha value is -2.04.